The lowest BCUT2D eigenvalue weighted by Gasteiger charge is -2.14. The quantitative estimate of drug-likeness (QED) is 0.895. The van der Waals surface area contributed by atoms with Crippen molar-refractivity contribution in [2.24, 2.45) is 5.73 Å². The van der Waals surface area contributed by atoms with E-state index in [0.717, 1.165) is 15.7 Å². The molecule has 17 heavy (non-hydrogen) atoms. The molecule has 0 saturated carbocycles. The topological polar surface area (TPSA) is 38.9 Å². The largest absolute Gasteiger partial charge is 0.319 e. The van der Waals surface area contributed by atoms with Crippen LogP contribution in [0, 0.1) is 0 Å². The Bertz CT molecular complexity index is 546. The minimum Gasteiger partial charge on any atom is -0.319 e. The van der Waals surface area contributed by atoms with Crippen LogP contribution in [0.5, 0.6) is 0 Å². The SMILES string of the molecule is NC(c1cc(Cl)ccc1Cl)c1ncccc1Br. The number of rotatable bonds is 2. The fourth-order valence-corrected chi connectivity index (χ4v) is 2.44. The third-order valence-corrected chi connectivity index (χ3v) is 3.62. The van der Waals surface area contributed by atoms with E-state index >= 15 is 0 Å². The standard InChI is InChI=1S/C12H9BrCl2N2/c13-9-2-1-5-17-12(9)11(16)8-6-7(14)3-4-10(8)15/h1-6,11H,16H2. The highest BCUT2D eigenvalue weighted by Gasteiger charge is 2.16. The third kappa shape index (κ3) is 2.80. The Morgan fingerprint density at radius 3 is 2.71 bits per heavy atom. The summed E-state index contributed by atoms with van der Waals surface area (Å²) in [7, 11) is 0. The van der Waals surface area contributed by atoms with Gasteiger partial charge in [-0.25, -0.2) is 0 Å². The van der Waals surface area contributed by atoms with Crippen molar-refractivity contribution in [2.45, 2.75) is 6.04 Å². The van der Waals surface area contributed by atoms with Gasteiger partial charge < -0.3 is 5.73 Å². The lowest BCUT2D eigenvalue weighted by Crippen LogP contribution is -2.14. The Labute approximate surface area is 118 Å². The summed E-state index contributed by atoms with van der Waals surface area (Å²) in [5, 5.41) is 1.19. The van der Waals surface area contributed by atoms with E-state index in [1.54, 1.807) is 24.4 Å². The van der Waals surface area contributed by atoms with Gasteiger partial charge in [-0.15, -0.1) is 0 Å². The first-order valence-electron chi connectivity index (χ1n) is 4.90. The Kier molecular flexibility index (Phi) is 4.05. The zero-order valence-electron chi connectivity index (χ0n) is 8.70. The Hall–Kier alpha value is -0.610. The Morgan fingerprint density at radius 1 is 1.24 bits per heavy atom. The maximum Gasteiger partial charge on any atom is 0.0758 e. The Balaban J connectivity index is 2.47. The molecule has 0 aliphatic carbocycles. The first-order valence-corrected chi connectivity index (χ1v) is 6.45. The van der Waals surface area contributed by atoms with Gasteiger partial charge in [0.25, 0.3) is 0 Å². The van der Waals surface area contributed by atoms with Gasteiger partial charge >= 0.3 is 0 Å². The summed E-state index contributed by atoms with van der Waals surface area (Å²) in [4.78, 5) is 4.25. The average molecular weight is 332 g/mol. The van der Waals surface area contributed by atoms with Crippen LogP contribution in [0.3, 0.4) is 0 Å². The number of aromatic nitrogens is 1. The predicted molar refractivity (Wildman–Crippen MR) is 74.4 cm³/mol. The summed E-state index contributed by atoms with van der Waals surface area (Å²) in [5.41, 5.74) is 7.65. The molecule has 1 heterocycles. The number of hydrogen-bond acceptors (Lipinski definition) is 2. The fraction of sp³-hybridized carbons (Fsp3) is 0.0833. The van der Waals surface area contributed by atoms with Gasteiger partial charge in [-0.05, 0) is 51.8 Å². The van der Waals surface area contributed by atoms with Gasteiger partial charge in [-0.1, -0.05) is 23.2 Å². The van der Waals surface area contributed by atoms with Crippen molar-refractivity contribution in [3.05, 3.63) is 62.3 Å². The third-order valence-electron chi connectivity index (χ3n) is 2.37. The van der Waals surface area contributed by atoms with Crippen LogP contribution in [0.1, 0.15) is 17.3 Å². The van der Waals surface area contributed by atoms with Crippen LogP contribution >= 0.6 is 39.1 Å². The van der Waals surface area contributed by atoms with Crippen molar-refractivity contribution >= 4 is 39.1 Å². The molecule has 1 unspecified atom stereocenters. The molecule has 2 nitrogen and oxygen atoms in total. The second-order valence-corrected chi connectivity index (χ2v) is 5.21. The van der Waals surface area contributed by atoms with Gasteiger partial charge in [0, 0.05) is 20.7 Å². The predicted octanol–water partition coefficient (Wildman–Crippen LogP) is 4.20. The van der Waals surface area contributed by atoms with Gasteiger partial charge in [0.1, 0.15) is 0 Å². The van der Waals surface area contributed by atoms with Crippen molar-refractivity contribution < 1.29 is 0 Å². The number of nitrogens with zero attached hydrogens (tertiary/aromatic N) is 1. The van der Waals surface area contributed by atoms with Crippen LogP contribution in [0.2, 0.25) is 10.0 Å². The van der Waals surface area contributed by atoms with E-state index < -0.39 is 6.04 Å². The van der Waals surface area contributed by atoms with E-state index in [0.29, 0.717) is 10.0 Å². The maximum absolute atomic E-state index is 6.15. The van der Waals surface area contributed by atoms with Crippen molar-refractivity contribution in [3.8, 4) is 0 Å². The highest BCUT2D eigenvalue weighted by molar-refractivity contribution is 9.10. The highest BCUT2D eigenvalue weighted by Crippen LogP contribution is 2.31. The molecule has 2 aromatic rings. The molecule has 0 amide bonds. The molecule has 1 atom stereocenters. The number of benzene rings is 1. The minimum absolute atomic E-state index is 0.406. The molecule has 0 bridgehead atoms. The first kappa shape index (κ1) is 12.8. The molecular weight excluding hydrogens is 323 g/mol. The second kappa shape index (κ2) is 5.36. The zero-order valence-corrected chi connectivity index (χ0v) is 11.8. The monoisotopic (exact) mass is 330 g/mol. The molecule has 0 saturated heterocycles. The first-order chi connectivity index (χ1) is 8.09. The average Bonchev–Trinajstić information content (AvgIpc) is 2.32. The van der Waals surface area contributed by atoms with Gasteiger partial charge in [0.05, 0.1) is 11.7 Å². The molecular formula is C12H9BrCl2N2. The molecule has 0 aliphatic rings. The lowest BCUT2D eigenvalue weighted by molar-refractivity contribution is 0.822. The van der Waals surface area contributed by atoms with Crippen molar-refractivity contribution in [3.63, 3.8) is 0 Å². The number of halogens is 3. The fourth-order valence-electron chi connectivity index (χ4n) is 1.53. The van der Waals surface area contributed by atoms with Crippen LogP contribution in [0.15, 0.2) is 41.0 Å². The Morgan fingerprint density at radius 2 is 2.00 bits per heavy atom. The van der Waals surface area contributed by atoms with Crippen LogP contribution in [0.4, 0.5) is 0 Å². The summed E-state index contributed by atoms with van der Waals surface area (Å²) in [5.74, 6) is 0. The zero-order chi connectivity index (χ0) is 12.4. The summed E-state index contributed by atoms with van der Waals surface area (Å²) in [6.45, 7) is 0. The summed E-state index contributed by atoms with van der Waals surface area (Å²) in [6, 6.07) is 8.54. The van der Waals surface area contributed by atoms with Crippen molar-refractivity contribution in [1.82, 2.24) is 4.98 Å². The lowest BCUT2D eigenvalue weighted by atomic mass is 10.0. The van der Waals surface area contributed by atoms with Gasteiger partial charge in [0.15, 0.2) is 0 Å². The van der Waals surface area contributed by atoms with Crippen molar-refractivity contribution in [2.75, 3.05) is 0 Å². The highest BCUT2D eigenvalue weighted by atomic mass is 79.9. The molecule has 2 N–H and O–H groups in total. The van der Waals surface area contributed by atoms with Gasteiger partial charge in [-0.3, -0.25) is 4.98 Å². The molecule has 0 fully saturated rings. The summed E-state index contributed by atoms with van der Waals surface area (Å²) in [6.07, 6.45) is 1.69. The molecule has 0 radical (unpaired) electrons. The van der Waals surface area contributed by atoms with Gasteiger partial charge in [-0.2, -0.15) is 0 Å². The van der Waals surface area contributed by atoms with Gasteiger partial charge in [0.2, 0.25) is 0 Å². The molecule has 88 valence electrons. The van der Waals surface area contributed by atoms with Crippen LogP contribution in [0.25, 0.3) is 0 Å². The smallest absolute Gasteiger partial charge is 0.0758 e. The normalized spacial score (nSPS) is 12.5. The molecule has 1 aromatic carbocycles. The van der Waals surface area contributed by atoms with E-state index in [9.17, 15) is 0 Å². The van der Waals surface area contributed by atoms with Crippen LogP contribution < -0.4 is 5.73 Å². The van der Waals surface area contributed by atoms with E-state index in [2.05, 4.69) is 20.9 Å². The summed E-state index contributed by atoms with van der Waals surface area (Å²) < 4.78 is 0.851. The van der Waals surface area contributed by atoms with E-state index in [1.165, 1.54) is 0 Å². The molecule has 1 aromatic heterocycles. The number of pyridine rings is 1. The van der Waals surface area contributed by atoms with Crippen molar-refractivity contribution in [1.29, 1.82) is 0 Å². The second-order valence-electron chi connectivity index (χ2n) is 3.51. The van der Waals surface area contributed by atoms with E-state index in [4.69, 9.17) is 28.9 Å². The summed E-state index contributed by atoms with van der Waals surface area (Å²) >= 11 is 15.5. The van der Waals surface area contributed by atoms with E-state index in [1.807, 2.05) is 12.1 Å². The van der Waals surface area contributed by atoms with E-state index in [-0.39, 0.29) is 0 Å². The molecule has 0 aliphatic heterocycles. The molecule has 0 spiro atoms. The molecule has 5 heteroatoms. The molecule has 2 rings (SSSR count). The van der Waals surface area contributed by atoms with Crippen LogP contribution in [-0.4, -0.2) is 4.98 Å². The number of nitrogens with two attached hydrogens (primary N) is 1. The maximum atomic E-state index is 6.15. The number of hydrogen-bond donors (Lipinski definition) is 1. The van der Waals surface area contributed by atoms with Crippen LogP contribution in [-0.2, 0) is 0 Å². The minimum atomic E-state index is -0.406.